The molecule has 3 saturated carbocycles. The summed E-state index contributed by atoms with van der Waals surface area (Å²) in [5, 5.41) is 0. The number of hydrogen-bond donors (Lipinski definition) is 0. The number of amides is 2. The third-order valence-electron chi connectivity index (χ3n) is 7.61. The van der Waals surface area contributed by atoms with E-state index in [1.165, 1.54) is 4.90 Å². The second-order valence-corrected chi connectivity index (χ2v) is 11.7. The molecule has 4 rings (SSSR count). The Balaban J connectivity index is 1.43. The fourth-order valence-corrected chi connectivity index (χ4v) is 8.03. The van der Waals surface area contributed by atoms with Gasteiger partial charge in [-0.05, 0) is 48.9 Å². The van der Waals surface area contributed by atoms with E-state index in [1.54, 1.807) is 0 Å². The number of likely N-dealkylation sites (tertiary alicyclic amines) is 1. The Morgan fingerprint density at radius 1 is 1.07 bits per heavy atom. The topological polar surface area (TPSA) is 63.7 Å². The van der Waals surface area contributed by atoms with Crippen molar-refractivity contribution in [3.8, 4) is 0 Å². The zero-order valence-corrected chi connectivity index (χ0v) is 19.8. The highest BCUT2D eigenvalue weighted by Gasteiger charge is 2.66. The first-order valence-electron chi connectivity index (χ1n) is 10.5. The van der Waals surface area contributed by atoms with Crippen LogP contribution in [0.3, 0.4) is 0 Å². The fourth-order valence-electron chi connectivity index (χ4n) is 6.15. The molecule has 0 radical (unpaired) electrons. The average Bonchev–Trinajstić information content (AvgIpc) is 3.22. The molecule has 0 N–H and O–H groups in total. The Kier molecular flexibility index (Phi) is 5.71. The van der Waals surface area contributed by atoms with E-state index < -0.39 is 5.97 Å². The van der Waals surface area contributed by atoms with Gasteiger partial charge in [-0.2, -0.15) is 0 Å². The summed E-state index contributed by atoms with van der Waals surface area (Å²) in [6.07, 6.45) is 3.87. The van der Waals surface area contributed by atoms with Crippen LogP contribution in [0.25, 0.3) is 0 Å². The molecular weight excluding hydrogens is 490 g/mol. The minimum Gasteiger partial charge on any atom is -0.461 e. The fraction of sp³-hybridized carbons (Fsp3) is 0.857. The smallest absolute Gasteiger partial charge is 0.326 e. The highest BCUT2D eigenvalue weighted by molar-refractivity contribution is 9.12. The van der Waals surface area contributed by atoms with Crippen LogP contribution in [0.5, 0.6) is 0 Å². The second-order valence-electron chi connectivity index (χ2n) is 9.62. The van der Waals surface area contributed by atoms with Crippen LogP contribution in [0.2, 0.25) is 0 Å². The molecule has 1 heterocycles. The average molecular weight is 519 g/mol. The number of rotatable bonds is 4. The Bertz CT molecular complexity index is 651. The first-order chi connectivity index (χ1) is 13.2. The number of halogens is 2. The van der Waals surface area contributed by atoms with Gasteiger partial charge in [0.25, 0.3) is 0 Å². The summed E-state index contributed by atoms with van der Waals surface area (Å²) in [5.74, 6) is 0.312. The number of carbonyl (C=O) groups excluding carboxylic acids is 3. The van der Waals surface area contributed by atoms with Crippen molar-refractivity contribution in [3.05, 3.63) is 0 Å². The SMILES string of the molecule is CC(C)[C@@H]1CC[C@H](C)C[C@H]1OC(=O)CN1C(=O)[C@@H]2[C@@H]3C[C@H]([C@H](Br)[C@@H]3Br)[C@@H]2C1=O. The minimum atomic E-state index is -0.440. The van der Waals surface area contributed by atoms with Gasteiger partial charge in [0.15, 0.2) is 0 Å². The van der Waals surface area contributed by atoms with Gasteiger partial charge in [0.05, 0.1) is 11.8 Å². The van der Waals surface area contributed by atoms with Gasteiger partial charge in [0.1, 0.15) is 12.6 Å². The van der Waals surface area contributed by atoms with Gasteiger partial charge in [-0.1, -0.05) is 59.1 Å². The zero-order valence-electron chi connectivity index (χ0n) is 16.6. The first kappa shape index (κ1) is 20.8. The summed E-state index contributed by atoms with van der Waals surface area (Å²) in [4.78, 5) is 40.2. The van der Waals surface area contributed by atoms with Crippen molar-refractivity contribution in [2.75, 3.05) is 6.54 Å². The zero-order chi connectivity index (χ0) is 20.3. The maximum Gasteiger partial charge on any atom is 0.326 e. The number of imide groups is 1. The standard InChI is InChI=1S/C21H29Br2NO4/c1-9(2)11-5-4-10(3)6-14(11)28-15(25)8-24-20(26)16-12-7-13(17(16)21(24)27)19(23)18(12)22/h9-14,16-19H,4-8H2,1-3H3/t10-,11-,12-,13-,14+,16-,17+,18-,19+/m0/s1. The van der Waals surface area contributed by atoms with E-state index in [2.05, 4.69) is 52.6 Å². The molecule has 1 saturated heterocycles. The van der Waals surface area contributed by atoms with Crippen LogP contribution in [0, 0.1) is 41.4 Å². The van der Waals surface area contributed by atoms with Gasteiger partial charge in [-0.25, -0.2) is 0 Å². The second kappa shape index (κ2) is 7.68. The number of fused-ring (bicyclic) bond motifs is 5. The first-order valence-corrected chi connectivity index (χ1v) is 12.4. The van der Waals surface area contributed by atoms with E-state index in [4.69, 9.17) is 4.74 Å². The third-order valence-corrected chi connectivity index (χ3v) is 10.8. The van der Waals surface area contributed by atoms with E-state index >= 15 is 0 Å². The van der Waals surface area contributed by atoms with Crippen LogP contribution in [-0.4, -0.2) is 45.0 Å². The van der Waals surface area contributed by atoms with Crippen molar-refractivity contribution in [2.24, 2.45) is 41.4 Å². The maximum absolute atomic E-state index is 13.0. The quantitative estimate of drug-likeness (QED) is 0.323. The van der Waals surface area contributed by atoms with Crippen molar-refractivity contribution in [1.82, 2.24) is 4.90 Å². The number of carbonyl (C=O) groups is 3. The molecule has 156 valence electrons. The summed E-state index contributed by atoms with van der Waals surface area (Å²) in [5.41, 5.74) is 0. The van der Waals surface area contributed by atoms with Crippen LogP contribution in [0.1, 0.15) is 46.5 Å². The number of alkyl halides is 2. The highest BCUT2D eigenvalue weighted by Crippen LogP contribution is 2.60. The van der Waals surface area contributed by atoms with Crippen LogP contribution in [-0.2, 0) is 19.1 Å². The predicted molar refractivity (Wildman–Crippen MR) is 112 cm³/mol. The minimum absolute atomic E-state index is 0.112. The largest absolute Gasteiger partial charge is 0.461 e. The van der Waals surface area contributed by atoms with Gasteiger partial charge >= 0.3 is 5.97 Å². The summed E-state index contributed by atoms with van der Waals surface area (Å²) >= 11 is 7.37. The summed E-state index contributed by atoms with van der Waals surface area (Å²) < 4.78 is 5.82. The molecule has 0 spiro atoms. The lowest BCUT2D eigenvalue weighted by Crippen LogP contribution is -2.41. The van der Waals surface area contributed by atoms with Crippen LogP contribution < -0.4 is 0 Å². The summed E-state index contributed by atoms with van der Waals surface area (Å²) in [6, 6.07) is 0. The maximum atomic E-state index is 13.0. The molecule has 2 bridgehead atoms. The molecule has 1 aliphatic heterocycles. The Labute approximate surface area is 183 Å². The molecule has 3 aliphatic carbocycles. The van der Waals surface area contributed by atoms with Gasteiger partial charge in [0, 0.05) is 9.65 Å². The molecule has 5 nitrogen and oxygen atoms in total. The van der Waals surface area contributed by atoms with E-state index in [9.17, 15) is 14.4 Å². The lowest BCUT2D eigenvalue weighted by molar-refractivity contribution is -0.162. The lowest BCUT2D eigenvalue weighted by atomic mass is 9.75. The van der Waals surface area contributed by atoms with Crippen LogP contribution in [0.4, 0.5) is 0 Å². The van der Waals surface area contributed by atoms with E-state index in [0.29, 0.717) is 17.8 Å². The molecular formula is C21H29Br2NO4. The predicted octanol–water partition coefficient (Wildman–Crippen LogP) is 3.77. The molecule has 7 heteroatoms. The molecule has 4 fully saturated rings. The molecule has 0 aromatic carbocycles. The molecule has 0 aromatic rings. The van der Waals surface area contributed by atoms with Gasteiger partial charge in [0.2, 0.25) is 11.8 Å². The summed E-state index contributed by atoms with van der Waals surface area (Å²) in [7, 11) is 0. The Morgan fingerprint density at radius 3 is 2.18 bits per heavy atom. The summed E-state index contributed by atoms with van der Waals surface area (Å²) in [6.45, 7) is 6.29. The molecule has 0 aromatic heterocycles. The number of hydrogen-bond acceptors (Lipinski definition) is 4. The highest BCUT2D eigenvalue weighted by atomic mass is 79.9. The van der Waals surface area contributed by atoms with Crippen molar-refractivity contribution in [3.63, 3.8) is 0 Å². The monoisotopic (exact) mass is 517 g/mol. The van der Waals surface area contributed by atoms with Crippen LogP contribution >= 0.6 is 31.9 Å². The van der Waals surface area contributed by atoms with Crippen molar-refractivity contribution in [2.45, 2.75) is 62.2 Å². The molecule has 0 unspecified atom stereocenters. The lowest BCUT2D eigenvalue weighted by Gasteiger charge is -2.36. The molecule has 4 aliphatic rings. The number of ether oxygens (including phenoxy) is 1. The van der Waals surface area contributed by atoms with Gasteiger partial charge < -0.3 is 4.74 Å². The normalized spacial score (nSPS) is 45.1. The number of nitrogens with zero attached hydrogens (tertiary/aromatic N) is 1. The number of esters is 1. The molecule has 28 heavy (non-hydrogen) atoms. The van der Waals surface area contributed by atoms with Crippen molar-refractivity contribution >= 4 is 49.6 Å². The Hall–Kier alpha value is -0.430. The van der Waals surface area contributed by atoms with Gasteiger partial charge in [-0.3, -0.25) is 19.3 Å². The third kappa shape index (κ3) is 3.28. The van der Waals surface area contributed by atoms with Crippen molar-refractivity contribution in [1.29, 1.82) is 0 Å². The van der Waals surface area contributed by atoms with Gasteiger partial charge in [-0.15, -0.1) is 0 Å². The van der Waals surface area contributed by atoms with E-state index in [-0.39, 0.29) is 57.8 Å². The molecule has 9 atom stereocenters. The van der Waals surface area contributed by atoms with Crippen molar-refractivity contribution < 1.29 is 19.1 Å². The van der Waals surface area contributed by atoms with E-state index in [1.807, 2.05) is 0 Å². The van der Waals surface area contributed by atoms with Crippen LogP contribution in [0.15, 0.2) is 0 Å². The Morgan fingerprint density at radius 2 is 1.64 bits per heavy atom. The van der Waals surface area contributed by atoms with E-state index in [0.717, 1.165) is 25.7 Å². The molecule has 2 amide bonds.